The SMILES string of the molecule is CC1(C)C(NC(=O)c2ccc(N3CCC(N4Cc5cc6c(cc5C4)C(=O)N(C4CCC(=O)NC4=O)C6=O)CC3)nc2)C(C)(C)C1Oc1ccc(C#N)c(Cl)c1. The average Bonchev–Trinajstić information content (AvgIpc) is 3.69. The normalized spacial score (nSPS) is 24.5. The summed E-state index contributed by atoms with van der Waals surface area (Å²) in [7, 11) is 0. The Balaban J connectivity index is 0.846. The Morgan fingerprint density at radius 2 is 1.60 bits per heavy atom. The van der Waals surface area contributed by atoms with Crippen LogP contribution in [0.1, 0.15) is 101 Å². The van der Waals surface area contributed by atoms with E-state index in [0.717, 1.165) is 47.8 Å². The number of halogens is 1. The Labute approximate surface area is 323 Å². The number of nitrogens with one attached hydrogen (secondary N) is 2. The number of nitrogens with zero attached hydrogens (tertiary/aromatic N) is 5. The standard InChI is InChI=1S/C41H42ClN7O6/c1-40(2)38(41(3,4)39(40)55-27-7-5-22(18-43)30(42)17-27)46-34(51)23-6-9-32(44-19-23)47-13-11-26(12-14-47)48-20-24-15-28-29(16-25(24)21-48)37(54)49(36(28)53)31-8-10-33(50)45-35(31)52/h5-7,9,15-17,19,26,31,38-39H,8,10-14,20-21H2,1-4H3,(H,46,51)(H,45,50,52). The third kappa shape index (κ3) is 6.21. The van der Waals surface area contributed by atoms with Crippen molar-refractivity contribution in [3.8, 4) is 11.8 Å². The number of aromatic nitrogens is 1. The number of benzene rings is 2. The van der Waals surface area contributed by atoms with E-state index >= 15 is 0 Å². The van der Waals surface area contributed by atoms with Gasteiger partial charge < -0.3 is 15.0 Å². The summed E-state index contributed by atoms with van der Waals surface area (Å²) in [4.78, 5) is 74.5. The zero-order valence-corrected chi connectivity index (χ0v) is 31.9. The second kappa shape index (κ2) is 13.5. The van der Waals surface area contributed by atoms with Crippen LogP contribution in [0.3, 0.4) is 0 Å². The van der Waals surface area contributed by atoms with Gasteiger partial charge in [-0.25, -0.2) is 4.98 Å². The van der Waals surface area contributed by atoms with Crippen LogP contribution in [0.5, 0.6) is 5.75 Å². The molecular formula is C41H42ClN7O6. The molecule has 0 bridgehead atoms. The first-order valence-electron chi connectivity index (χ1n) is 18.7. The molecule has 3 fully saturated rings. The van der Waals surface area contributed by atoms with Crippen molar-refractivity contribution in [2.45, 2.75) is 90.7 Å². The van der Waals surface area contributed by atoms with Crippen molar-refractivity contribution >= 4 is 47.0 Å². The van der Waals surface area contributed by atoms with E-state index in [0.29, 0.717) is 52.2 Å². The maximum atomic E-state index is 13.5. The molecule has 1 atom stereocenters. The second-order valence-corrected chi connectivity index (χ2v) is 16.8. The summed E-state index contributed by atoms with van der Waals surface area (Å²) in [6.07, 6.45) is 3.45. The third-order valence-electron chi connectivity index (χ3n) is 12.3. The van der Waals surface area contributed by atoms with Gasteiger partial charge in [0.2, 0.25) is 11.8 Å². The quantitative estimate of drug-likeness (QED) is 0.325. The summed E-state index contributed by atoms with van der Waals surface area (Å²) in [6.45, 7) is 11.2. The zero-order valence-electron chi connectivity index (χ0n) is 31.1. The Morgan fingerprint density at radius 1 is 0.945 bits per heavy atom. The van der Waals surface area contributed by atoms with Crippen molar-refractivity contribution in [2.75, 3.05) is 18.0 Å². The van der Waals surface area contributed by atoms with Gasteiger partial charge in [-0.3, -0.25) is 39.1 Å². The number of pyridine rings is 1. The summed E-state index contributed by atoms with van der Waals surface area (Å²) in [5.74, 6) is -0.787. The Kier molecular flexibility index (Phi) is 8.97. The van der Waals surface area contributed by atoms with Crippen molar-refractivity contribution in [3.63, 3.8) is 0 Å². The lowest BCUT2D eigenvalue weighted by molar-refractivity contribution is -0.164. The number of hydrogen-bond donors (Lipinski definition) is 2. The second-order valence-electron chi connectivity index (χ2n) is 16.4. The Bertz CT molecular complexity index is 2130. The first-order valence-corrected chi connectivity index (χ1v) is 19.0. The fourth-order valence-corrected chi connectivity index (χ4v) is 9.84. The van der Waals surface area contributed by atoms with E-state index < -0.39 is 29.7 Å². The van der Waals surface area contributed by atoms with Crippen molar-refractivity contribution in [1.82, 2.24) is 25.4 Å². The minimum Gasteiger partial charge on any atom is -0.489 e. The van der Waals surface area contributed by atoms with Crippen LogP contribution in [0.2, 0.25) is 5.02 Å². The van der Waals surface area contributed by atoms with Crippen LogP contribution in [0.25, 0.3) is 0 Å². The highest BCUT2D eigenvalue weighted by atomic mass is 35.5. The molecule has 0 spiro atoms. The number of hydrogen-bond acceptors (Lipinski definition) is 10. The van der Waals surface area contributed by atoms with Gasteiger partial charge in [-0.1, -0.05) is 39.3 Å². The highest BCUT2D eigenvalue weighted by Gasteiger charge is 2.64. The molecule has 55 heavy (non-hydrogen) atoms. The van der Waals surface area contributed by atoms with E-state index in [1.807, 2.05) is 12.1 Å². The molecule has 4 aliphatic heterocycles. The van der Waals surface area contributed by atoms with Crippen molar-refractivity contribution in [3.05, 3.63) is 87.1 Å². The van der Waals surface area contributed by atoms with Crippen LogP contribution in [-0.2, 0) is 22.7 Å². The van der Waals surface area contributed by atoms with Crippen molar-refractivity contribution in [1.29, 1.82) is 5.26 Å². The summed E-state index contributed by atoms with van der Waals surface area (Å²) in [6, 6.07) is 13.6. The van der Waals surface area contributed by atoms with Crippen LogP contribution >= 0.6 is 11.6 Å². The van der Waals surface area contributed by atoms with Crippen LogP contribution in [0, 0.1) is 22.2 Å². The van der Waals surface area contributed by atoms with E-state index in [1.165, 1.54) is 0 Å². The number of anilines is 1. The van der Waals surface area contributed by atoms with Crippen molar-refractivity contribution < 1.29 is 28.7 Å². The molecule has 2 N–H and O–H groups in total. The Hall–Kier alpha value is -5.32. The first kappa shape index (κ1) is 36.6. The van der Waals surface area contributed by atoms with Crippen LogP contribution < -0.4 is 20.3 Å². The lowest BCUT2D eigenvalue weighted by atomic mass is 9.49. The van der Waals surface area contributed by atoms with Gasteiger partial charge in [0.1, 0.15) is 29.8 Å². The van der Waals surface area contributed by atoms with Gasteiger partial charge in [0, 0.05) is 67.8 Å². The fourth-order valence-electron chi connectivity index (χ4n) is 9.63. The van der Waals surface area contributed by atoms with Gasteiger partial charge in [0.25, 0.3) is 17.7 Å². The molecule has 5 amide bonds. The number of fused-ring (bicyclic) bond motifs is 2. The number of nitriles is 1. The molecule has 284 valence electrons. The van der Waals surface area contributed by atoms with Gasteiger partial charge in [-0.15, -0.1) is 0 Å². The molecule has 1 unspecified atom stereocenters. The maximum Gasteiger partial charge on any atom is 0.262 e. The number of rotatable bonds is 7. The molecule has 1 saturated carbocycles. The number of carbonyl (C=O) groups excluding carboxylic acids is 5. The van der Waals surface area contributed by atoms with Gasteiger partial charge in [0.15, 0.2) is 0 Å². The lowest BCUT2D eigenvalue weighted by Gasteiger charge is -2.63. The molecule has 2 saturated heterocycles. The monoisotopic (exact) mass is 763 g/mol. The number of piperidine rings is 2. The summed E-state index contributed by atoms with van der Waals surface area (Å²) >= 11 is 6.24. The highest BCUT2D eigenvalue weighted by molar-refractivity contribution is 6.31. The number of ether oxygens (including phenoxy) is 1. The van der Waals surface area contributed by atoms with Crippen molar-refractivity contribution in [2.24, 2.45) is 10.8 Å². The van der Waals surface area contributed by atoms with Crippen LogP contribution in [0.15, 0.2) is 48.7 Å². The number of imide groups is 2. The molecule has 3 aromatic rings. The number of amides is 5. The largest absolute Gasteiger partial charge is 0.489 e. The summed E-state index contributed by atoms with van der Waals surface area (Å²) in [5.41, 5.74) is 2.74. The van der Waals surface area contributed by atoms with E-state index in [1.54, 1.807) is 36.5 Å². The minimum absolute atomic E-state index is 0.0859. The molecule has 1 aromatic heterocycles. The van der Waals surface area contributed by atoms with E-state index in [9.17, 15) is 29.2 Å². The van der Waals surface area contributed by atoms with Gasteiger partial charge in [-0.05, 0) is 66.8 Å². The van der Waals surface area contributed by atoms with Gasteiger partial charge in [-0.2, -0.15) is 5.26 Å². The molecule has 2 aromatic carbocycles. The fraction of sp³-hybridized carbons (Fsp3) is 0.439. The minimum atomic E-state index is -0.978. The van der Waals surface area contributed by atoms with Crippen LogP contribution in [-0.4, -0.2) is 81.6 Å². The lowest BCUT2D eigenvalue weighted by Crippen LogP contribution is -2.74. The summed E-state index contributed by atoms with van der Waals surface area (Å²) < 4.78 is 6.36. The third-order valence-corrected chi connectivity index (χ3v) is 12.6. The van der Waals surface area contributed by atoms with Crippen LogP contribution in [0.4, 0.5) is 5.82 Å². The molecule has 13 nitrogen and oxygen atoms in total. The van der Waals surface area contributed by atoms with Gasteiger partial charge in [0.05, 0.1) is 27.3 Å². The van der Waals surface area contributed by atoms with E-state index in [4.69, 9.17) is 16.3 Å². The molecule has 8 rings (SSSR count). The number of carbonyl (C=O) groups is 5. The van der Waals surface area contributed by atoms with E-state index in [-0.39, 0.29) is 41.7 Å². The van der Waals surface area contributed by atoms with E-state index in [2.05, 4.69) is 59.2 Å². The Morgan fingerprint density at radius 3 is 2.16 bits per heavy atom. The first-order chi connectivity index (χ1) is 26.2. The molecule has 5 aliphatic rings. The highest BCUT2D eigenvalue weighted by Crippen LogP contribution is 2.55. The molecular weight excluding hydrogens is 722 g/mol. The summed E-state index contributed by atoms with van der Waals surface area (Å²) in [5, 5.41) is 15.0. The average molecular weight is 764 g/mol. The molecule has 5 heterocycles. The molecule has 14 heteroatoms. The predicted octanol–water partition coefficient (Wildman–Crippen LogP) is 4.60. The smallest absolute Gasteiger partial charge is 0.262 e. The van der Waals surface area contributed by atoms with Gasteiger partial charge >= 0.3 is 0 Å². The topological polar surface area (TPSA) is 165 Å². The zero-order chi connectivity index (χ0) is 39.0. The maximum absolute atomic E-state index is 13.5. The molecule has 0 radical (unpaired) electrons. The predicted molar refractivity (Wildman–Crippen MR) is 201 cm³/mol. The molecule has 1 aliphatic carbocycles.